The van der Waals surface area contributed by atoms with E-state index in [1.807, 2.05) is 0 Å². The largest absolute Gasteiger partial charge is 0.408 e. The van der Waals surface area contributed by atoms with Crippen molar-refractivity contribution in [3.63, 3.8) is 0 Å². The summed E-state index contributed by atoms with van der Waals surface area (Å²) in [4.78, 5) is 2.14. The summed E-state index contributed by atoms with van der Waals surface area (Å²) in [5.74, 6) is 0. The lowest BCUT2D eigenvalue weighted by atomic mass is 10.2. The highest BCUT2D eigenvalue weighted by Crippen LogP contribution is 2.22. The minimum absolute atomic E-state index is 0.127. The third-order valence-corrected chi connectivity index (χ3v) is 3.58. The van der Waals surface area contributed by atoms with E-state index in [0.717, 1.165) is 17.6 Å². The molecule has 2 rings (SSSR count). The van der Waals surface area contributed by atoms with Gasteiger partial charge in [0.05, 0.1) is 18.4 Å². The van der Waals surface area contributed by atoms with E-state index in [4.69, 9.17) is 9.47 Å². The van der Waals surface area contributed by atoms with E-state index in [-0.39, 0.29) is 12.1 Å². The standard InChI is InChI=1S/C13H20F3N3O2/c1-20-8-11-5-12(21-2)7-18(11)6-10-3-4-19(17-10)9-13(14,15)16/h3-4,11-12H,5-9H2,1-2H3/t11-,12-/m0/s1. The normalized spacial score (nSPS) is 23.9. The van der Waals surface area contributed by atoms with Gasteiger partial charge < -0.3 is 9.47 Å². The van der Waals surface area contributed by atoms with Crippen molar-refractivity contribution in [1.29, 1.82) is 0 Å². The van der Waals surface area contributed by atoms with Gasteiger partial charge in [0.2, 0.25) is 0 Å². The minimum atomic E-state index is -4.25. The van der Waals surface area contributed by atoms with Gasteiger partial charge in [-0.05, 0) is 12.5 Å². The first-order chi connectivity index (χ1) is 9.91. The summed E-state index contributed by atoms with van der Waals surface area (Å²) >= 11 is 0. The summed E-state index contributed by atoms with van der Waals surface area (Å²) in [7, 11) is 3.30. The van der Waals surface area contributed by atoms with Crippen LogP contribution in [0.15, 0.2) is 12.3 Å². The van der Waals surface area contributed by atoms with E-state index in [1.54, 1.807) is 20.3 Å². The molecule has 5 nitrogen and oxygen atoms in total. The van der Waals surface area contributed by atoms with Crippen LogP contribution in [0.3, 0.4) is 0 Å². The maximum absolute atomic E-state index is 12.3. The van der Waals surface area contributed by atoms with E-state index in [9.17, 15) is 13.2 Å². The molecule has 2 heterocycles. The van der Waals surface area contributed by atoms with Crippen molar-refractivity contribution in [2.24, 2.45) is 0 Å². The van der Waals surface area contributed by atoms with Crippen molar-refractivity contribution in [3.05, 3.63) is 18.0 Å². The summed E-state index contributed by atoms with van der Waals surface area (Å²) in [6.45, 7) is 0.744. The fourth-order valence-corrected chi connectivity index (χ4v) is 2.64. The Labute approximate surface area is 121 Å². The topological polar surface area (TPSA) is 39.5 Å². The van der Waals surface area contributed by atoms with Crippen LogP contribution in [-0.2, 0) is 22.6 Å². The third-order valence-electron chi connectivity index (χ3n) is 3.58. The molecule has 0 radical (unpaired) electrons. The van der Waals surface area contributed by atoms with Gasteiger partial charge in [0, 0.05) is 39.5 Å². The molecule has 1 aliphatic rings. The number of methoxy groups -OCH3 is 2. The van der Waals surface area contributed by atoms with Gasteiger partial charge in [-0.15, -0.1) is 0 Å². The first-order valence-corrected chi connectivity index (χ1v) is 6.76. The number of halogens is 3. The fraction of sp³-hybridized carbons (Fsp3) is 0.769. The van der Waals surface area contributed by atoms with E-state index in [1.165, 1.54) is 6.20 Å². The molecule has 0 N–H and O–H groups in total. The van der Waals surface area contributed by atoms with Crippen LogP contribution in [0.2, 0.25) is 0 Å². The molecule has 21 heavy (non-hydrogen) atoms. The highest BCUT2D eigenvalue weighted by atomic mass is 19.4. The summed E-state index contributed by atoms with van der Waals surface area (Å²) in [6.07, 6.45) is -1.91. The van der Waals surface area contributed by atoms with Crippen LogP contribution in [0, 0.1) is 0 Å². The molecular formula is C13H20F3N3O2. The third kappa shape index (κ3) is 4.69. The fourth-order valence-electron chi connectivity index (χ4n) is 2.64. The van der Waals surface area contributed by atoms with Gasteiger partial charge in [-0.1, -0.05) is 0 Å². The number of nitrogens with zero attached hydrogens (tertiary/aromatic N) is 3. The number of hydrogen-bond acceptors (Lipinski definition) is 4. The maximum Gasteiger partial charge on any atom is 0.408 e. The van der Waals surface area contributed by atoms with Crippen molar-refractivity contribution in [3.8, 4) is 0 Å². The molecule has 1 fully saturated rings. The van der Waals surface area contributed by atoms with Gasteiger partial charge in [0.15, 0.2) is 0 Å². The quantitative estimate of drug-likeness (QED) is 0.802. The van der Waals surface area contributed by atoms with Crippen LogP contribution in [0.5, 0.6) is 0 Å². The number of rotatable bonds is 6. The molecule has 1 aromatic heterocycles. The number of hydrogen-bond donors (Lipinski definition) is 0. The predicted molar refractivity (Wildman–Crippen MR) is 69.8 cm³/mol. The Kier molecular flexibility index (Phi) is 5.23. The molecule has 2 atom stereocenters. The number of likely N-dealkylation sites (tertiary alicyclic amines) is 1. The van der Waals surface area contributed by atoms with Gasteiger partial charge >= 0.3 is 6.18 Å². The predicted octanol–water partition coefficient (Wildman–Crippen LogP) is 1.68. The monoisotopic (exact) mass is 307 g/mol. The molecule has 1 saturated heterocycles. The lowest BCUT2D eigenvalue weighted by Gasteiger charge is -2.22. The molecule has 0 spiro atoms. The van der Waals surface area contributed by atoms with E-state index >= 15 is 0 Å². The number of alkyl halides is 3. The first-order valence-electron chi connectivity index (χ1n) is 6.76. The van der Waals surface area contributed by atoms with Gasteiger partial charge in [-0.25, -0.2) is 0 Å². The van der Waals surface area contributed by atoms with Crippen LogP contribution in [0.25, 0.3) is 0 Å². The van der Waals surface area contributed by atoms with Crippen LogP contribution in [0.1, 0.15) is 12.1 Å². The molecule has 8 heteroatoms. The highest BCUT2D eigenvalue weighted by Gasteiger charge is 2.33. The van der Waals surface area contributed by atoms with E-state index in [0.29, 0.717) is 18.8 Å². The summed E-state index contributed by atoms with van der Waals surface area (Å²) in [6, 6.07) is 1.82. The van der Waals surface area contributed by atoms with Crippen LogP contribution in [-0.4, -0.2) is 60.4 Å². The average molecular weight is 307 g/mol. The summed E-state index contributed by atoms with van der Waals surface area (Å²) < 4.78 is 48.4. The SMILES string of the molecule is COC[C@@H]1C[C@H](OC)CN1Cc1ccn(CC(F)(F)F)n1. The van der Waals surface area contributed by atoms with Crippen molar-refractivity contribution >= 4 is 0 Å². The lowest BCUT2D eigenvalue weighted by molar-refractivity contribution is -0.142. The Morgan fingerprint density at radius 1 is 1.38 bits per heavy atom. The molecule has 0 aliphatic carbocycles. The zero-order chi connectivity index (χ0) is 15.5. The summed E-state index contributed by atoms with van der Waals surface area (Å²) in [5, 5.41) is 3.98. The second kappa shape index (κ2) is 6.76. The molecule has 1 aromatic rings. The number of aromatic nitrogens is 2. The van der Waals surface area contributed by atoms with Gasteiger partial charge in [0.1, 0.15) is 6.54 Å². The smallest absolute Gasteiger partial charge is 0.383 e. The second-order valence-electron chi connectivity index (χ2n) is 5.25. The zero-order valence-corrected chi connectivity index (χ0v) is 12.1. The molecule has 0 unspecified atom stereocenters. The van der Waals surface area contributed by atoms with Crippen LogP contribution >= 0.6 is 0 Å². The Morgan fingerprint density at radius 2 is 2.14 bits per heavy atom. The van der Waals surface area contributed by atoms with Crippen molar-refractivity contribution in [2.45, 2.75) is 37.8 Å². The molecular weight excluding hydrogens is 287 g/mol. The average Bonchev–Trinajstić information content (AvgIpc) is 2.96. The maximum atomic E-state index is 12.3. The van der Waals surface area contributed by atoms with Crippen molar-refractivity contribution in [1.82, 2.24) is 14.7 Å². The van der Waals surface area contributed by atoms with Crippen molar-refractivity contribution in [2.75, 3.05) is 27.4 Å². The molecule has 0 amide bonds. The van der Waals surface area contributed by atoms with E-state index in [2.05, 4.69) is 10.00 Å². The van der Waals surface area contributed by atoms with Crippen LogP contribution in [0.4, 0.5) is 13.2 Å². The number of ether oxygens (including phenoxy) is 2. The lowest BCUT2D eigenvalue weighted by Crippen LogP contribution is -2.32. The highest BCUT2D eigenvalue weighted by molar-refractivity contribution is 5.01. The molecule has 0 aromatic carbocycles. The first kappa shape index (κ1) is 16.3. The minimum Gasteiger partial charge on any atom is -0.383 e. The zero-order valence-electron chi connectivity index (χ0n) is 12.1. The van der Waals surface area contributed by atoms with Crippen LogP contribution < -0.4 is 0 Å². The van der Waals surface area contributed by atoms with Gasteiger partial charge in [-0.3, -0.25) is 9.58 Å². The van der Waals surface area contributed by atoms with Crippen molar-refractivity contribution < 1.29 is 22.6 Å². The molecule has 0 saturated carbocycles. The summed E-state index contributed by atoms with van der Waals surface area (Å²) in [5.41, 5.74) is 0.622. The Morgan fingerprint density at radius 3 is 2.76 bits per heavy atom. The Bertz CT molecular complexity index is 450. The molecule has 120 valence electrons. The second-order valence-corrected chi connectivity index (χ2v) is 5.25. The molecule has 0 bridgehead atoms. The van der Waals surface area contributed by atoms with E-state index < -0.39 is 12.7 Å². The Hall–Kier alpha value is -1.12. The molecule has 1 aliphatic heterocycles. The van der Waals surface area contributed by atoms with Gasteiger partial charge in [-0.2, -0.15) is 18.3 Å². The Balaban J connectivity index is 1.96. The van der Waals surface area contributed by atoms with Gasteiger partial charge in [0.25, 0.3) is 0 Å².